The zero-order valence-corrected chi connectivity index (χ0v) is 12.3. The fraction of sp³-hybridized carbons (Fsp3) is 0.471. The predicted octanol–water partition coefficient (Wildman–Crippen LogP) is 3.65. The molecule has 20 heavy (non-hydrogen) atoms. The second-order valence-electron chi connectivity index (χ2n) is 6.87. The second kappa shape index (κ2) is 4.37. The normalized spacial score (nSPS) is 19.1. The van der Waals surface area contributed by atoms with Gasteiger partial charge in [-0.3, -0.25) is 4.79 Å². The highest BCUT2D eigenvalue weighted by molar-refractivity contribution is 5.86. The monoisotopic (exact) mass is 271 g/mol. The minimum atomic E-state index is -0.676. The van der Waals surface area contributed by atoms with Gasteiger partial charge in [0.05, 0.1) is 5.92 Å². The number of aryl methyl sites for hydroxylation is 1. The Morgan fingerprint density at radius 2 is 2.10 bits per heavy atom. The number of carboxylic acid groups (broad SMARTS) is 1. The van der Waals surface area contributed by atoms with Crippen LogP contribution in [0.1, 0.15) is 44.0 Å². The first-order chi connectivity index (χ1) is 9.36. The summed E-state index contributed by atoms with van der Waals surface area (Å²) in [5, 5.41) is 10.4. The van der Waals surface area contributed by atoms with Crippen LogP contribution in [0.15, 0.2) is 18.2 Å². The Morgan fingerprint density at radius 3 is 2.75 bits per heavy atom. The smallest absolute Gasteiger partial charge is 0.306 e. The van der Waals surface area contributed by atoms with E-state index in [4.69, 9.17) is 0 Å². The molecule has 1 atom stereocenters. The lowest BCUT2D eigenvalue weighted by Crippen LogP contribution is -2.21. The van der Waals surface area contributed by atoms with E-state index in [1.807, 2.05) is 0 Å². The van der Waals surface area contributed by atoms with Crippen molar-refractivity contribution >= 4 is 16.9 Å². The summed E-state index contributed by atoms with van der Waals surface area (Å²) in [5.41, 5.74) is 5.03. The zero-order valence-electron chi connectivity index (χ0n) is 12.3. The number of aromatic nitrogens is 1. The molecule has 0 saturated carbocycles. The first-order valence-electron chi connectivity index (χ1n) is 7.23. The molecule has 1 unspecified atom stereocenters. The van der Waals surface area contributed by atoms with Crippen LogP contribution in [0.2, 0.25) is 0 Å². The van der Waals surface area contributed by atoms with Crippen molar-refractivity contribution in [1.82, 2.24) is 4.98 Å². The number of nitrogens with one attached hydrogen (secondary N) is 1. The van der Waals surface area contributed by atoms with Crippen LogP contribution < -0.4 is 0 Å². The van der Waals surface area contributed by atoms with E-state index in [0.717, 1.165) is 24.1 Å². The summed E-state index contributed by atoms with van der Waals surface area (Å²) in [6.07, 6.45) is 2.24. The molecule has 0 spiro atoms. The first-order valence-corrected chi connectivity index (χ1v) is 7.23. The third-order valence-corrected chi connectivity index (χ3v) is 4.40. The maximum atomic E-state index is 11.2. The molecule has 1 heterocycles. The van der Waals surface area contributed by atoms with E-state index in [-0.39, 0.29) is 11.3 Å². The van der Waals surface area contributed by atoms with E-state index in [2.05, 4.69) is 44.0 Å². The van der Waals surface area contributed by atoms with Gasteiger partial charge in [-0.15, -0.1) is 0 Å². The molecule has 0 saturated heterocycles. The van der Waals surface area contributed by atoms with Gasteiger partial charge in [-0.2, -0.15) is 0 Å². The number of carboxylic acids is 1. The lowest BCUT2D eigenvalue weighted by molar-refractivity contribution is -0.142. The third-order valence-electron chi connectivity index (χ3n) is 4.40. The largest absolute Gasteiger partial charge is 0.481 e. The van der Waals surface area contributed by atoms with Crippen LogP contribution in [0.3, 0.4) is 0 Å². The summed E-state index contributed by atoms with van der Waals surface area (Å²) in [6, 6.07) is 6.56. The van der Waals surface area contributed by atoms with Gasteiger partial charge < -0.3 is 10.1 Å². The minimum Gasteiger partial charge on any atom is -0.481 e. The van der Waals surface area contributed by atoms with E-state index < -0.39 is 5.97 Å². The average molecular weight is 271 g/mol. The molecule has 0 fully saturated rings. The summed E-state index contributed by atoms with van der Waals surface area (Å²) >= 11 is 0. The van der Waals surface area contributed by atoms with Crippen LogP contribution in [0.4, 0.5) is 0 Å². The molecule has 106 valence electrons. The molecule has 3 heteroatoms. The SMILES string of the molecule is CC(C)(C)c1ccc2[nH]c3c(c2c1)CCC(C(=O)O)C3. The van der Waals surface area contributed by atoms with Crippen LogP contribution in [0.5, 0.6) is 0 Å². The number of aliphatic carboxylic acids is 1. The highest BCUT2D eigenvalue weighted by atomic mass is 16.4. The molecule has 0 aliphatic heterocycles. The standard InChI is InChI=1S/C17H21NO2/c1-17(2,3)11-5-7-14-13(9-11)12-6-4-10(16(19)20)8-15(12)18-14/h5,7,9-10,18H,4,6,8H2,1-3H3,(H,19,20). The van der Waals surface area contributed by atoms with Crippen molar-refractivity contribution in [2.24, 2.45) is 5.92 Å². The van der Waals surface area contributed by atoms with Crippen LogP contribution >= 0.6 is 0 Å². The van der Waals surface area contributed by atoms with Crippen LogP contribution in [-0.2, 0) is 23.1 Å². The molecule has 1 aliphatic carbocycles. The van der Waals surface area contributed by atoms with Crippen molar-refractivity contribution in [2.45, 2.75) is 45.4 Å². The van der Waals surface area contributed by atoms with Crippen molar-refractivity contribution < 1.29 is 9.90 Å². The van der Waals surface area contributed by atoms with Crippen molar-refractivity contribution in [1.29, 1.82) is 0 Å². The summed E-state index contributed by atoms with van der Waals surface area (Å²) in [7, 11) is 0. The fourth-order valence-corrected chi connectivity index (χ4v) is 3.11. The molecule has 0 radical (unpaired) electrons. The summed E-state index contributed by atoms with van der Waals surface area (Å²) in [5.74, 6) is -0.915. The van der Waals surface area contributed by atoms with Crippen molar-refractivity contribution in [3.8, 4) is 0 Å². The average Bonchev–Trinajstić information content (AvgIpc) is 2.74. The van der Waals surface area contributed by atoms with E-state index in [1.165, 1.54) is 16.5 Å². The molecule has 2 aromatic rings. The van der Waals surface area contributed by atoms with Gasteiger partial charge >= 0.3 is 5.97 Å². The molecule has 3 nitrogen and oxygen atoms in total. The Labute approximate surface area is 119 Å². The third kappa shape index (κ3) is 2.11. The quantitative estimate of drug-likeness (QED) is 0.831. The van der Waals surface area contributed by atoms with Crippen molar-refractivity contribution in [3.63, 3.8) is 0 Å². The molecular weight excluding hydrogens is 250 g/mol. The van der Waals surface area contributed by atoms with E-state index >= 15 is 0 Å². The van der Waals surface area contributed by atoms with E-state index in [1.54, 1.807) is 0 Å². The Hall–Kier alpha value is -1.77. The molecule has 1 aromatic heterocycles. The maximum Gasteiger partial charge on any atom is 0.306 e. The minimum absolute atomic E-state index is 0.136. The van der Waals surface area contributed by atoms with E-state index in [0.29, 0.717) is 6.42 Å². The summed E-state index contributed by atoms with van der Waals surface area (Å²) < 4.78 is 0. The topological polar surface area (TPSA) is 53.1 Å². The maximum absolute atomic E-state index is 11.2. The second-order valence-corrected chi connectivity index (χ2v) is 6.87. The number of aromatic amines is 1. The summed E-state index contributed by atoms with van der Waals surface area (Å²) in [4.78, 5) is 14.6. The Balaban J connectivity index is 2.08. The molecular formula is C17H21NO2. The lowest BCUT2D eigenvalue weighted by Gasteiger charge is -2.20. The Kier molecular flexibility index (Phi) is 2.89. The number of benzene rings is 1. The van der Waals surface area contributed by atoms with Crippen LogP contribution in [-0.4, -0.2) is 16.1 Å². The zero-order chi connectivity index (χ0) is 14.5. The fourth-order valence-electron chi connectivity index (χ4n) is 3.11. The van der Waals surface area contributed by atoms with Gasteiger partial charge in [-0.1, -0.05) is 26.8 Å². The first kappa shape index (κ1) is 13.2. The van der Waals surface area contributed by atoms with Gasteiger partial charge in [-0.25, -0.2) is 0 Å². The number of H-pyrrole nitrogens is 1. The number of hydrogen-bond donors (Lipinski definition) is 2. The Bertz CT molecular complexity index is 676. The van der Waals surface area contributed by atoms with Gasteiger partial charge in [0.25, 0.3) is 0 Å². The highest BCUT2D eigenvalue weighted by Gasteiger charge is 2.27. The van der Waals surface area contributed by atoms with Gasteiger partial charge in [-0.05, 0) is 41.5 Å². The van der Waals surface area contributed by atoms with Crippen molar-refractivity contribution in [2.75, 3.05) is 0 Å². The highest BCUT2D eigenvalue weighted by Crippen LogP contribution is 2.34. The van der Waals surface area contributed by atoms with Crippen molar-refractivity contribution in [3.05, 3.63) is 35.0 Å². The molecule has 3 rings (SSSR count). The van der Waals surface area contributed by atoms with Gasteiger partial charge in [0.15, 0.2) is 0 Å². The van der Waals surface area contributed by atoms with Gasteiger partial charge in [0, 0.05) is 23.0 Å². The lowest BCUT2D eigenvalue weighted by atomic mass is 9.84. The molecule has 0 bridgehead atoms. The number of carbonyl (C=O) groups is 1. The predicted molar refractivity (Wildman–Crippen MR) is 80.1 cm³/mol. The number of rotatable bonds is 1. The Morgan fingerprint density at radius 1 is 1.35 bits per heavy atom. The molecule has 2 N–H and O–H groups in total. The number of fused-ring (bicyclic) bond motifs is 3. The van der Waals surface area contributed by atoms with Crippen LogP contribution in [0, 0.1) is 5.92 Å². The summed E-state index contributed by atoms with van der Waals surface area (Å²) in [6.45, 7) is 6.65. The van der Waals surface area contributed by atoms with Crippen LogP contribution in [0.25, 0.3) is 10.9 Å². The number of hydrogen-bond acceptors (Lipinski definition) is 1. The van der Waals surface area contributed by atoms with Gasteiger partial charge in [0.2, 0.25) is 0 Å². The van der Waals surface area contributed by atoms with E-state index in [9.17, 15) is 9.90 Å². The molecule has 0 amide bonds. The van der Waals surface area contributed by atoms with Gasteiger partial charge in [0.1, 0.15) is 0 Å². The molecule has 1 aromatic carbocycles. The molecule has 1 aliphatic rings.